The van der Waals surface area contributed by atoms with Gasteiger partial charge in [0.1, 0.15) is 24.3 Å². The maximum atomic E-state index is 13.3. The second-order valence-corrected chi connectivity index (χ2v) is 3.35. The lowest BCUT2D eigenvalue weighted by atomic mass is 10.2. The van der Waals surface area contributed by atoms with Crippen LogP contribution in [0.5, 0.6) is 0 Å². The third kappa shape index (κ3) is 1.77. The first-order valence-corrected chi connectivity index (χ1v) is 4.78. The Hall–Kier alpha value is -3.17. The lowest BCUT2D eigenvalue weighted by Crippen LogP contribution is -1.98. The Balaban J connectivity index is 2.68. The van der Waals surface area contributed by atoms with E-state index in [0.717, 1.165) is 12.1 Å². The molecule has 5 nitrogen and oxygen atoms in total. The molecule has 0 saturated heterocycles. The first kappa shape index (κ1) is 11.3. The van der Waals surface area contributed by atoms with E-state index < -0.39 is 5.82 Å². The van der Waals surface area contributed by atoms with E-state index in [2.05, 4.69) is 4.98 Å². The number of benzene rings is 1. The maximum absolute atomic E-state index is 13.3. The minimum Gasteiger partial charge on any atom is -0.289 e. The van der Waals surface area contributed by atoms with Crippen LogP contribution in [-0.2, 0) is 0 Å². The van der Waals surface area contributed by atoms with Crippen molar-refractivity contribution in [3.05, 3.63) is 47.3 Å². The van der Waals surface area contributed by atoms with Gasteiger partial charge in [-0.15, -0.1) is 0 Å². The van der Waals surface area contributed by atoms with Crippen LogP contribution in [0.4, 0.5) is 4.39 Å². The van der Waals surface area contributed by atoms with Crippen molar-refractivity contribution >= 4 is 0 Å². The normalized spacial score (nSPS) is 9.22. The van der Waals surface area contributed by atoms with Crippen molar-refractivity contribution < 1.29 is 4.39 Å². The van der Waals surface area contributed by atoms with E-state index in [1.54, 1.807) is 6.07 Å². The molecule has 0 atom stereocenters. The summed E-state index contributed by atoms with van der Waals surface area (Å²) in [6.07, 6.45) is 1.24. The second-order valence-electron chi connectivity index (χ2n) is 3.35. The van der Waals surface area contributed by atoms with Gasteiger partial charge in [-0.3, -0.25) is 4.57 Å². The average Bonchev–Trinajstić information content (AvgIpc) is 2.80. The van der Waals surface area contributed by atoms with Crippen LogP contribution in [0, 0.1) is 39.8 Å². The van der Waals surface area contributed by atoms with Crippen LogP contribution in [0.25, 0.3) is 5.69 Å². The Bertz CT molecular complexity index is 739. The molecule has 0 aliphatic heterocycles. The summed E-state index contributed by atoms with van der Waals surface area (Å²) in [5.74, 6) is -0.597. The third-order valence-electron chi connectivity index (χ3n) is 2.27. The second kappa shape index (κ2) is 4.37. The summed E-state index contributed by atoms with van der Waals surface area (Å²) in [5.41, 5.74) is 0.366. The highest BCUT2D eigenvalue weighted by atomic mass is 19.1. The molecule has 0 fully saturated rings. The topological polar surface area (TPSA) is 89.2 Å². The molecule has 18 heavy (non-hydrogen) atoms. The van der Waals surface area contributed by atoms with Gasteiger partial charge < -0.3 is 0 Å². The Morgan fingerprint density at radius 3 is 2.44 bits per heavy atom. The van der Waals surface area contributed by atoms with Crippen molar-refractivity contribution in [3.63, 3.8) is 0 Å². The van der Waals surface area contributed by atoms with Gasteiger partial charge in [-0.2, -0.15) is 15.8 Å². The molecule has 0 N–H and O–H groups in total. The maximum Gasteiger partial charge on any atom is 0.177 e. The molecular formula is C12H4FN5. The van der Waals surface area contributed by atoms with Crippen molar-refractivity contribution in [3.8, 4) is 23.9 Å². The van der Waals surface area contributed by atoms with Crippen LogP contribution in [-0.4, -0.2) is 9.55 Å². The highest BCUT2D eigenvalue weighted by molar-refractivity contribution is 5.47. The minimum absolute atomic E-state index is 0.00647. The van der Waals surface area contributed by atoms with Gasteiger partial charge in [0, 0.05) is 0 Å². The molecule has 0 bridgehead atoms. The zero-order valence-electron chi connectivity index (χ0n) is 8.92. The Kier molecular flexibility index (Phi) is 2.75. The van der Waals surface area contributed by atoms with Crippen LogP contribution in [0.3, 0.4) is 0 Å². The molecule has 0 unspecified atom stereocenters. The number of hydrogen-bond donors (Lipinski definition) is 0. The van der Waals surface area contributed by atoms with Gasteiger partial charge >= 0.3 is 0 Å². The first-order chi connectivity index (χ1) is 8.69. The highest BCUT2D eigenvalue weighted by Crippen LogP contribution is 2.17. The van der Waals surface area contributed by atoms with Crippen LogP contribution in [0.15, 0.2) is 24.5 Å². The minimum atomic E-state index is -0.597. The number of nitrogens with zero attached hydrogens (tertiary/aromatic N) is 5. The zero-order chi connectivity index (χ0) is 13.1. The van der Waals surface area contributed by atoms with E-state index in [9.17, 15) is 4.39 Å². The van der Waals surface area contributed by atoms with Crippen molar-refractivity contribution in [2.24, 2.45) is 0 Å². The Labute approximate surface area is 102 Å². The fourth-order valence-corrected chi connectivity index (χ4v) is 1.51. The molecule has 84 valence electrons. The zero-order valence-corrected chi connectivity index (χ0v) is 8.92. The molecule has 1 heterocycles. The molecule has 0 aliphatic rings. The summed E-state index contributed by atoms with van der Waals surface area (Å²) in [5, 5.41) is 26.5. The summed E-state index contributed by atoms with van der Waals surface area (Å²) in [7, 11) is 0. The molecule has 2 aromatic rings. The van der Waals surface area contributed by atoms with E-state index in [1.165, 1.54) is 17.0 Å². The van der Waals surface area contributed by atoms with Gasteiger partial charge in [-0.05, 0) is 18.2 Å². The van der Waals surface area contributed by atoms with E-state index in [1.807, 2.05) is 12.1 Å². The fourth-order valence-electron chi connectivity index (χ4n) is 1.51. The van der Waals surface area contributed by atoms with Crippen LogP contribution < -0.4 is 0 Å². The predicted molar refractivity (Wildman–Crippen MR) is 57.7 cm³/mol. The molecule has 1 aromatic carbocycles. The molecule has 0 amide bonds. The number of hydrogen-bond acceptors (Lipinski definition) is 4. The molecule has 6 heteroatoms. The largest absolute Gasteiger partial charge is 0.289 e. The lowest BCUT2D eigenvalue weighted by Gasteiger charge is -2.04. The van der Waals surface area contributed by atoms with Crippen molar-refractivity contribution in [1.82, 2.24) is 9.55 Å². The highest BCUT2D eigenvalue weighted by Gasteiger charge is 2.12. The summed E-state index contributed by atoms with van der Waals surface area (Å²) in [6, 6.07) is 9.05. The molecule has 0 spiro atoms. The van der Waals surface area contributed by atoms with Gasteiger partial charge in [0.15, 0.2) is 11.4 Å². The van der Waals surface area contributed by atoms with Crippen molar-refractivity contribution in [2.45, 2.75) is 0 Å². The van der Waals surface area contributed by atoms with E-state index in [-0.39, 0.29) is 22.6 Å². The fraction of sp³-hybridized carbons (Fsp3) is 0. The van der Waals surface area contributed by atoms with Crippen molar-refractivity contribution in [1.29, 1.82) is 15.8 Å². The van der Waals surface area contributed by atoms with Gasteiger partial charge in [0.05, 0.1) is 17.3 Å². The molecule has 2 rings (SSSR count). The summed E-state index contributed by atoms with van der Waals surface area (Å²) < 4.78 is 14.6. The number of nitriles is 3. The molecule has 0 saturated carbocycles. The van der Waals surface area contributed by atoms with Crippen LogP contribution >= 0.6 is 0 Å². The van der Waals surface area contributed by atoms with Crippen LogP contribution in [0.1, 0.15) is 17.0 Å². The third-order valence-corrected chi connectivity index (χ3v) is 2.27. The standard InChI is InChI=1S/C12H4FN5/c13-9-1-8(4-14)2-10(3-9)18-7-17-11(5-15)12(18)6-16/h1-3,7H. The van der Waals surface area contributed by atoms with E-state index in [0.29, 0.717) is 0 Å². The summed E-state index contributed by atoms with van der Waals surface area (Å²) in [6.45, 7) is 0. The predicted octanol–water partition coefficient (Wildman–Crippen LogP) is 1.63. The smallest absolute Gasteiger partial charge is 0.177 e. The molecule has 0 radical (unpaired) electrons. The first-order valence-electron chi connectivity index (χ1n) is 4.78. The van der Waals surface area contributed by atoms with Gasteiger partial charge in [-0.25, -0.2) is 9.37 Å². The molecule has 1 aromatic heterocycles. The molecule has 0 aliphatic carbocycles. The van der Waals surface area contributed by atoms with Crippen LogP contribution in [0.2, 0.25) is 0 Å². The van der Waals surface area contributed by atoms with Gasteiger partial charge in [0.2, 0.25) is 0 Å². The van der Waals surface area contributed by atoms with E-state index >= 15 is 0 Å². The number of imidazole rings is 1. The number of halogens is 1. The van der Waals surface area contributed by atoms with Crippen molar-refractivity contribution in [2.75, 3.05) is 0 Å². The van der Waals surface area contributed by atoms with Gasteiger partial charge in [0.25, 0.3) is 0 Å². The molecular weight excluding hydrogens is 233 g/mol. The quantitative estimate of drug-likeness (QED) is 0.753. The Morgan fingerprint density at radius 2 is 1.83 bits per heavy atom. The number of rotatable bonds is 1. The summed E-state index contributed by atoms with van der Waals surface area (Å²) >= 11 is 0. The Morgan fingerprint density at radius 1 is 1.06 bits per heavy atom. The SMILES string of the molecule is N#Cc1cc(F)cc(-n2cnc(C#N)c2C#N)c1. The van der Waals surface area contributed by atoms with E-state index in [4.69, 9.17) is 15.8 Å². The van der Waals surface area contributed by atoms with Gasteiger partial charge in [-0.1, -0.05) is 0 Å². The monoisotopic (exact) mass is 237 g/mol. The average molecular weight is 237 g/mol. The number of aromatic nitrogens is 2. The summed E-state index contributed by atoms with van der Waals surface area (Å²) in [4.78, 5) is 3.74. The lowest BCUT2D eigenvalue weighted by molar-refractivity contribution is 0.626.